The van der Waals surface area contributed by atoms with Crippen molar-refractivity contribution in [2.24, 2.45) is 5.10 Å². The van der Waals surface area contributed by atoms with Gasteiger partial charge in [-0.25, -0.2) is 10.1 Å². The van der Waals surface area contributed by atoms with Gasteiger partial charge in [0.1, 0.15) is 17.0 Å². The zero-order valence-corrected chi connectivity index (χ0v) is 15.7. The number of nitrogens with zero attached hydrogens (tertiary/aromatic N) is 4. The molecule has 0 aliphatic carbocycles. The van der Waals surface area contributed by atoms with Crippen molar-refractivity contribution in [3.8, 4) is 17.5 Å². The van der Waals surface area contributed by atoms with Gasteiger partial charge in [0.2, 0.25) is 0 Å². The van der Waals surface area contributed by atoms with Crippen molar-refractivity contribution >= 4 is 23.7 Å². The molecule has 2 aromatic carbocycles. The summed E-state index contributed by atoms with van der Waals surface area (Å²) in [5, 5.41) is 17.7. The first-order valence-electron chi connectivity index (χ1n) is 8.34. The van der Waals surface area contributed by atoms with Gasteiger partial charge in [-0.15, -0.1) is 0 Å². The highest BCUT2D eigenvalue weighted by Crippen LogP contribution is 2.21. The van der Waals surface area contributed by atoms with E-state index in [0.29, 0.717) is 27.7 Å². The third kappa shape index (κ3) is 4.37. The number of ether oxygens (including phenoxy) is 1. The number of rotatable bonds is 6. The largest absolute Gasteiger partial charge is 0.482 e. The number of aryl methyl sites for hydroxylation is 1. The Labute approximate surface area is 166 Å². The SMILES string of the molecule is Cc1nn(-c2ccccc2)c(Cl)c1C=NNC(=O)COc1ccccc1C#N. The van der Waals surface area contributed by atoms with E-state index in [1.807, 2.05) is 36.4 Å². The molecule has 140 valence electrons. The summed E-state index contributed by atoms with van der Waals surface area (Å²) in [6, 6.07) is 18.1. The summed E-state index contributed by atoms with van der Waals surface area (Å²) in [7, 11) is 0. The predicted octanol–water partition coefficient (Wildman–Crippen LogP) is 3.23. The Balaban J connectivity index is 1.63. The monoisotopic (exact) mass is 393 g/mol. The first-order valence-corrected chi connectivity index (χ1v) is 8.72. The number of para-hydroxylation sites is 2. The van der Waals surface area contributed by atoms with Gasteiger partial charge in [-0.1, -0.05) is 41.9 Å². The van der Waals surface area contributed by atoms with E-state index in [1.165, 1.54) is 6.21 Å². The molecule has 0 spiro atoms. The molecular weight excluding hydrogens is 378 g/mol. The fourth-order valence-corrected chi connectivity index (χ4v) is 2.75. The van der Waals surface area contributed by atoms with E-state index in [-0.39, 0.29) is 6.61 Å². The Morgan fingerprint density at radius 1 is 1.29 bits per heavy atom. The number of nitriles is 1. The Hall–Kier alpha value is -3.63. The van der Waals surface area contributed by atoms with Crippen molar-refractivity contribution < 1.29 is 9.53 Å². The van der Waals surface area contributed by atoms with Crippen LogP contribution in [0.1, 0.15) is 16.8 Å². The summed E-state index contributed by atoms with van der Waals surface area (Å²) in [6.45, 7) is 1.53. The second-order valence-electron chi connectivity index (χ2n) is 5.73. The third-order valence-electron chi connectivity index (χ3n) is 3.80. The molecule has 7 nitrogen and oxygen atoms in total. The molecule has 0 fully saturated rings. The lowest BCUT2D eigenvalue weighted by atomic mass is 10.2. The number of benzene rings is 2. The summed E-state index contributed by atoms with van der Waals surface area (Å²) in [5.74, 6) is -0.125. The molecule has 1 N–H and O–H groups in total. The van der Waals surface area contributed by atoms with Gasteiger partial charge in [-0.05, 0) is 31.2 Å². The standard InChI is InChI=1S/C20H16ClN5O2/c1-14-17(20(21)26(25-14)16-8-3-2-4-9-16)12-23-24-19(27)13-28-18-10-6-5-7-15(18)11-22/h2-10,12H,13H2,1H3,(H,24,27). The third-order valence-corrected chi connectivity index (χ3v) is 4.16. The number of hydrogen-bond acceptors (Lipinski definition) is 5. The van der Waals surface area contributed by atoms with Gasteiger partial charge < -0.3 is 4.74 Å². The van der Waals surface area contributed by atoms with E-state index in [2.05, 4.69) is 15.6 Å². The van der Waals surface area contributed by atoms with Crippen LogP contribution in [0.4, 0.5) is 0 Å². The quantitative estimate of drug-likeness (QED) is 0.514. The highest BCUT2D eigenvalue weighted by molar-refractivity contribution is 6.32. The molecule has 3 rings (SSSR count). The van der Waals surface area contributed by atoms with Crippen molar-refractivity contribution in [1.29, 1.82) is 5.26 Å². The molecular formula is C20H16ClN5O2. The molecule has 28 heavy (non-hydrogen) atoms. The minimum Gasteiger partial charge on any atom is -0.482 e. The topological polar surface area (TPSA) is 92.3 Å². The van der Waals surface area contributed by atoms with Crippen LogP contribution in [0.5, 0.6) is 5.75 Å². The average Bonchev–Trinajstić information content (AvgIpc) is 3.01. The van der Waals surface area contributed by atoms with Crippen LogP contribution in [0.2, 0.25) is 5.15 Å². The second-order valence-corrected chi connectivity index (χ2v) is 6.09. The molecule has 0 bridgehead atoms. The minimum atomic E-state index is -0.465. The summed E-state index contributed by atoms with van der Waals surface area (Å²) < 4.78 is 6.95. The molecule has 0 radical (unpaired) electrons. The molecule has 0 atom stereocenters. The molecule has 8 heteroatoms. The van der Waals surface area contributed by atoms with Crippen molar-refractivity contribution in [2.45, 2.75) is 6.92 Å². The van der Waals surface area contributed by atoms with E-state index in [1.54, 1.807) is 35.9 Å². The highest BCUT2D eigenvalue weighted by Gasteiger charge is 2.13. The lowest BCUT2D eigenvalue weighted by Gasteiger charge is -2.06. The predicted molar refractivity (Wildman–Crippen MR) is 106 cm³/mol. The van der Waals surface area contributed by atoms with Gasteiger partial charge in [0.15, 0.2) is 6.61 Å². The molecule has 1 amide bonds. The van der Waals surface area contributed by atoms with Gasteiger partial charge >= 0.3 is 0 Å². The lowest BCUT2D eigenvalue weighted by molar-refractivity contribution is -0.123. The molecule has 0 saturated heterocycles. The van der Waals surface area contributed by atoms with Crippen LogP contribution in [0, 0.1) is 18.3 Å². The molecule has 3 aromatic rings. The van der Waals surface area contributed by atoms with E-state index >= 15 is 0 Å². The van der Waals surface area contributed by atoms with Crippen LogP contribution in [-0.4, -0.2) is 28.5 Å². The van der Waals surface area contributed by atoms with E-state index in [9.17, 15) is 4.79 Å². The zero-order chi connectivity index (χ0) is 19.9. The minimum absolute atomic E-state index is 0.272. The second kappa shape index (κ2) is 8.84. The van der Waals surface area contributed by atoms with Crippen molar-refractivity contribution in [2.75, 3.05) is 6.61 Å². The van der Waals surface area contributed by atoms with E-state index in [0.717, 1.165) is 5.69 Å². The molecule has 1 aromatic heterocycles. The van der Waals surface area contributed by atoms with Gasteiger partial charge in [0.05, 0.1) is 28.7 Å². The number of hydrogen-bond donors (Lipinski definition) is 1. The summed E-state index contributed by atoms with van der Waals surface area (Å²) in [6.07, 6.45) is 1.44. The number of nitrogens with one attached hydrogen (secondary N) is 1. The Morgan fingerprint density at radius 3 is 2.75 bits per heavy atom. The smallest absolute Gasteiger partial charge is 0.277 e. The number of carbonyl (C=O) groups excluding carboxylic acids is 1. The van der Waals surface area contributed by atoms with Crippen molar-refractivity contribution in [3.63, 3.8) is 0 Å². The highest BCUT2D eigenvalue weighted by atomic mass is 35.5. The number of hydrazone groups is 1. The average molecular weight is 394 g/mol. The maximum Gasteiger partial charge on any atom is 0.277 e. The van der Waals surface area contributed by atoms with Crippen molar-refractivity contribution in [1.82, 2.24) is 15.2 Å². The van der Waals surface area contributed by atoms with Crippen LogP contribution < -0.4 is 10.2 Å². The maximum absolute atomic E-state index is 11.9. The van der Waals surface area contributed by atoms with Crippen molar-refractivity contribution in [3.05, 3.63) is 76.6 Å². The van der Waals surface area contributed by atoms with Gasteiger partial charge in [0.25, 0.3) is 5.91 Å². The molecule has 1 heterocycles. The number of amides is 1. The van der Waals surface area contributed by atoms with Gasteiger partial charge in [-0.3, -0.25) is 4.79 Å². The lowest BCUT2D eigenvalue weighted by Crippen LogP contribution is -2.24. The maximum atomic E-state index is 11.9. The molecule has 0 unspecified atom stereocenters. The Morgan fingerprint density at radius 2 is 2.00 bits per heavy atom. The van der Waals surface area contributed by atoms with E-state index in [4.69, 9.17) is 21.6 Å². The summed E-state index contributed by atoms with van der Waals surface area (Å²) >= 11 is 6.40. The first-order chi connectivity index (χ1) is 13.6. The summed E-state index contributed by atoms with van der Waals surface area (Å²) in [5.41, 5.74) is 4.82. The van der Waals surface area contributed by atoms with Crippen LogP contribution in [0.3, 0.4) is 0 Å². The first kappa shape index (κ1) is 19.1. The summed E-state index contributed by atoms with van der Waals surface area (Å²) in [4.78, 5) is 11.9. The van der Waals surface area contributed by atoms with Crippen LogP contribution >= 0.6 is 11.6 Å². The molecule has 0 aliphatic heterocycles. The fourth-order valence-electron chi connectivity index (χ4n) is 2.43. The zero-order valence-electron chi connectivity index (χ0n) is 15.0. The number of aromatic nitrogens is 2. The Bertz CT molecular complexity index is 1050. The van der Waals surface area contributed by atoms with Crippen LogP contribution in [0.15, 0.2) is 59.7 Å². The fraction of sp³-hybridized carbons (Fsp3) is 0.100. The number of halogens is 1. The normalized spacial score (nSPS) is 10.6. The van der Waals surface area contributed by atoms with Crippen LogP contribution in [0.25, 0.3) is 5.69 Å². The van der Waals surface area contributed by atoms with Gasteiger partial charge in [0, 0.05) is 0 Å². The van der Waals surface area contributed by atoms with Gasteiger partial charge in [-0.2, -0.15) is 15.5 Å². The molecule has 0 saturated carbocycles. The van der Waals surface area contributed by atoms with E-state index < -0.39 is 5.91 Å². The molecule has 0 aliphatic rings. The van der Waals surface area contributed by atoms with Crippen LogP contribution in [-0.2, 0) is 4.79 Å². The Kier molecular flexibility index (Phi) is 6.04. The number of carbonyl (C=O) groups is 1.